The minimum atomic E-state index is 0.191. The van der Waals surface area contributed by atoms with Crippen LogP contribution in [-0.2, 0) is 4.79 Å². The Morgan fingerprint density at radius 1 is 1.38 bits per heavy atom. The molecule has 0 saturated carbocycles. The van der Waals surface area contributed by atoms with Crippen molar-refractivity contribution in [1.29, 1.82) is 0 Å². The summed E-state index contributed by atoms with van der Waals surface area (Å²) in [5.74, 6) is 3.01. The SMILES string of the molecule is CC(C)C(=O)CN1CCCSCC1. The van der Waals surface area contributed by atoms with Crippen molar-refractivity contribution in [2.45, 2.75) is 20.3 Å². The zero-order valence-corrected chi connectivity index (χ0v) is 9.40. The van der Waals surface area contributed by atoms with E-state index < -0.39 is 0 Å². The van der Waals surface area contributed by atoms with Gasteiger partial charge in [0.05, 0.1) is 6.54 Å². The lowest BCUT2D eigenvalue weighted by Crippen LogP contribution is -2.33. The third kappa shape index (κ3) is 4.14. The number of carbonyl (C=O) groups excluding carboxylic acids is 1. The van der Waals surface area contributed by atoms with Crippen molar-refractivity contribution in [3.63, 3.8) is 0 Å². The first-order valence-corrected chi connectivity index (χ1v) is 6.18. The van der Waals surface area contributed by atoms with Crippen LogP contribution in [0.2, 0.25) is 0 Å². The van der Waals surface area contributed by atoms with Crippen LogP contribution in [0.25, 0.3) is 0 Å². The number of Topliss-reactive ketones (excluding diaryl/α,β-unsaturated/α-hetero) is 1. The summed E-state index contributed by atoms with van der Waals surface area (Å²) < 4.78 is 0. The fraction of sp³-hybridized carbons (Fsp3) is 0.900. The molecule has 0 bridgehead atoms. The number of rotatable bonds is 3. The summed E-state index contributed by atoms with van der Waals surface area (Å²) in [5.41, 5.74) is 0. The normalized spacial score (nSPS) is 20.2. The smallest absolute Gasteiger partial charge is 0.149 e. The topological polar surface area (TPSA) is 20.3 Å². The molecule has 0 unspecified atom stereocenters. The Bertz CT molecular complexity index is 162. The molecule has 0 aliphatic carbocycles. The van der Waals surface area contributed by atoms with Gasteiger partial charge in [-0.25, -0.2) is 0 Å². The van der Waals surface area contributed by atoms with Crippen LogP contribution in [0.5, 0.6) is 0 Å². The molecule has 3 heteroatoms. The maximum absolute atomic E-state index is 11.5. The van der Waals surface area contributed by atoms with E-state index in [4.69, 9.17) is 0 Å². The van der Waals surface area contributed by atoms with E-state index in [0.29, 0.717) is 12.3 Å². The van der Waals surface area contributed by atoms with Crippen LogP contribution in [0.15, 0.2) is 0 Å². The van der Waals surface area contributed by atoms with Gasteiger partial charge in [-0.3, -0.25) is 9.69 Å². The molecule has 0 N–H and O–H groups in total. The summed E-state index contributed by atoms with van der Waals surface area (Å²) >= 11 is 2.00. The number of nitrogens with zero attached hydrogens (tertiary/aromatic N) is 1. The quantitative estimate of drug-likeness (QED) is 0.692. The number of hydrogen-bond acceptors (Lipinski definition) is 3. The van der Waals surface area contributed by atoms with Crippen LogP contribution < -0.4 is 0 Å². The van der Waals surface area contributed by atoms with E-state index >= 15 is 0 Å². The van der Waals surface area contributed by atoms with E-state index in [0.717, 1.165) is 13.1 Å². The Morgan fingerprint density at radius 2 is 2.15 bits per heavy atom. The predicted molar refractivity (Wildman–Crippen MR) is 58.2 cm³/mol. The minimum Gasteiger partial charge on any atom is -0.298 e. The summed E-state index contributed by atoms with van der Waals surface area (Å²) in [4.78, 5) is 13.8. The van der Waals surface area contributed by atoms with Crippen LogP contribution >= 0.6 is 11.8 Å². The average Bonchev–Trinajstić information content (AvgIpc) is 2.32. The highest BCUT2D eigenvalue weighted by Gasteiger charge is 2.14. The Balaban J connectivity index is 2.29. The van der Waals surface area contributed by atoms with E-state index in [2.05, 4.69) is 4.90 Å². The second-order valence-electron chi connectivity index (χ2n) is 3.86. The standard InChI is InChI=1S/C10H19NOS/c1-9(2)10(12)8-11-4-3-6-13-7-5-11/h9H,3-8H2,1-2H3. The fourth-order valence-electron chi connectivity index (χ4n) is 1.36. The lowest BCUT2D eigenvalue weighted by molar-refractivity contribution is -0.123. The number of ketones is 1. The van der Waals surface area contributed by atoms with Gasteiger partial charge >= 0.3 is 0 Å². The van der Waals surface area contributed by atoms with Crippen LogP contribution in [0.4, 0.5) is 0 Å². The third-order valence-electron chi connectivity index (χ3n) is 2.34. The second kappa shape index (κ2) is 5.66. The van der Waals surface area contributed by atoms with Gasteiger partial charge in [-0.2, -0.15) is 11.8 Å². The minimum absolute atomic E-state index is 0.191. The first-order chi connectivity index (χ1) is 6.20. The largest absolute Gasteiger partial charge is 0.298 e. The molecule has 0 amide bonds. The highest BCUT2D eigenvalue weighted by molar-refractivity contribution is 7.99. The summed E-state index contributed by atoms with van der Waals surface area (Å²) in [6.45, 7) is 6.82. The van der Waals surface area contributed by atoms with Crippen molar-refractivity contribution >= 4 is 17.5 Å². The molecule has 1 fully saturated rings. The van der Waals surface area contributed by atoms with Crippen LogP contribution in [0.3, 0.4) is 0 Å². The lowest BCUT2D eigenvalue weighted by atomic mass is 10.1. The van der Waals surface area contributed by atoms with E-state index in [9.17, 15) is 4.79 Å². The molecule has 0 aromatic heterocycles. The van der Waals surface area contributed by atoms with Gasteiger partial charge in [0.1, 0.15) is 5.78 Å². The molecule has 0 atom stereocenters. The Hall–Kier alpha value is -0.0200. The number of carbonyl (C=O) groups is 1. The first-order valence-electron chi connectivity index (χ1n) is 5.03. The molecule has 0 spiro atoms. The second-order valence-corrected chi connectivity index (χ2v) is 5.09. The molecule has 1 aliphatic rings. The maximum Gasteiger partial charge on any atom is 0.149 e. The average molecular weight is 201 g/mol. The number of hydrogen-bond donors (Lipinski definition) is 0. The molecule has 76 valence electrons. The van der Waals surface area contributed by atoms with Crippen molar-refractivity contribution in [2.75, 3.05) is 31.1 Å². The molecule has 1 rings (SSSR count). The van der Waals surface area contributed by atoms with Gasteiger partial charge in [0.25, 0.3) is 0 Å². The summed E-state index contributed by atoms with van der Waals surface area (Å²) in [7, 11) is 0. The Kier molecular flexibility index (Phi) is 4.81. The van der Waals surface area contributed by atoms with Crippen molar-refractivity contribution in [1.82, 2.24) is 4.90 Å². The maximum atomic E-state index is 11.5. The zero-order valence-electron chi connectivity index (χ0n) is 8.58. The fourth-order valence-corrected chi connectivity index (χ4v) is 2.28. The summed E-state index contributed by atoms with van der Waals surface area (Å²) in [6, 6.07) is 0. The predicted octanol–water partition coefficient (Wildman–Crippen LogP) is 1.65. The molecular weight excluding hydrogens is 182 g/mol. The van der Waals surface area contributed by atoms with Crippen LogP contribution in [-0.4, -0.2) is 41.8 Å². The molecule has 0 aromatic carbocycles. The molecule has 0 aromatic rings. The van der Waals surface area contributed by atoms with Crippen molar-refractivity contribution in [3.8, 4) is 0 Å². The van der Waals surface area contributed by atoms with E-state index in [-0.39, 0.29) is 5.92 Å². The Morgan fingerprint density at radius 3 is 2.85 bits per heavy atom. The Labute approximate surface area is 85.1 Å². The lowest BCUT2D eigenvalue weighted by Gasteiger charge is -2.19. The molecule has 2 nitrogen and oxygen atoms in total. The van der Waals surface area contributed by atoms with Gasteiger partial charge in [-0.15, -0.1) is 0 Å². The van der Waals surface area contributed by atoms with Crippen molar-refractivity contribution < 1.29 is 4.79 Å². The van der Waals surface area contributed by atoms with Gasteiger partial charge in [0.15, 0.2) is 0 Å². The summed E-state index contributed by atoms with van der Waals surface area (Å²) in [6.07, 6.45) is 1.23. The zero-order chi connectivity index (χ0) is 9.68. The van der Waals surface area contributed by atoms with E-state index in [1.165, 1.54) is 17.9 Å². The van der Waals surface area contributed by atoms with Gasteiger partial charge in [0, 0.05) is 18.2 Å². The van der Waals surface area contributed by atoms with Crippen LogP contribution in [0.1, 0.15) is 20.3 Å². The van der Waals surface area contributed by atoms with E-state index in [1.807, 2.05) is 25.6 Å². The van der Waals surface area contributed by atoms with Gasteiger partial charge in [-0.1, -0.05) is 13.8 Å². The highest BCUT2D eigenvalue weighted by Crippen LogP contribution is 2.10. The molecule has 1 heterocycles. The van der Waals surface area contributed by atoms with Crippen molar-refractivity contribution in [2.24, 2.45) is 5.92 Å². The summed E-state index contributed by atoms with van der Waals surface area (Å²) in [5, 5.41) is 0. The van der Waals surface area contributed by atoms with Gasteiger partial charge in [-0.05, 0) is 18.7 Å². The number of thioether (sulfide) groups is 1. The third-order valence-corrected chi connectivity index (χ3v) is 3.39. The van der Waals surface area contributed by atoms with E-state index in [1.54, 1.807) is 0 Å². The van der Waals surface area contributed by atoms with Crippen LogP contribution in [0, 0.1) is 5.92 Å². The first kappa shape index (κ1) is 11.1. The monoisotopic (exact) mass is 201 g/mol. The molecule has 1 saturated heterocycles. The molecule has 13 heavy (non-hydrogen) atoms. The molecular formula is C10H19NOS. The molecule has 1 aliphatic heterocycles. The molecule has 0 radical (unpaired) electrons. The highest BCUT2D eigenvalue weighted by atomic mass is 32.2. The van der Waals surface area contributed by atoms with Crippen molar-refractivity contribution in [3.05, 3.63) is 0 Å². The van der Waals surface area contributed by atoms with Gasteiger partial charge in [0.2, 0.25) is 0 Å². The van der Waals surface area contributed by atoms with Gasteiger partial charge < -0.3 is 0 Å².